The number of hydrogen-bond acceptors (Lipinski definition) is 4. The molecule has 0 fully saturated rings. The molecule has 3 rings (SSSR count). The van der Waals surface area contributed by atoms with Gasteiger partial charge in [0.15, 0.2) is 12.0 Å². The molecule has 3 aromatic rings. The molecule has 3 aromatic carbocycles. The van der Waals surface area contributed by atoms with Crippen LogP contribution in [0.5, 0.6) is 5.75 Å². The fourth-order valence-electron chi connectivity index (χ4n) is 2.34. The van der Waals surface area contributed by atoms with Gasteiger partial charge in [0, 0.05) is 0 Å². The van der Waals surface area contributed by atoms with Crippen LogP contribution in [-0.4, -0.2) is 14.7 Å². The summed E-state index contributed by atoms with van der Waals surface area (Å²) in [5.41, 5.74) is 1.17. The second-order valence-electron chi connectivity index (χ2n) is 5.17. The fraction of sp³-hybridized carbons (Fsp3) is 0.0556. The molecule has 0 bridgehead atoms. The molecule has 116 valence electrons. The number of hydrogen-bond donors (Lipinski definition) is 0. The normalized spacial score (nSPS) is 11.3. The average Bonchev–Trinajstić information content (AvgIpc) is 2.55. The lowest BCUT2D eigenvalue weighted by Crippen LogP contribution is -2.11. The van der Waals surface area contributed by atoms with Gasteiger partial charge in [-0.1, -0.05) is 48.0 Å². The van der Waals surface area contributed by atoms with Crippen molar-refractivity contribution in [2.24, 2.45) is 0 Å². The number of aryl methyl sites for hydroxylation is 1. The Morgan fingerprint density at radius 2 is 1.61 bits per heavy atom. The summed E-state index contributed by atoms with van der Waals surface area (Å²) in [7, 11) is -3.99. The molecule has 0 aliphatic carbocycles. The van der Waals surface area contributed by atoms with Gasteiger partial charge in [-0.2, -0.15) is 8.42 Å². The molecule has 0 unspecified atom stereocenters. The Kier molecular flexibility index (Phi) is 3.88. The van der Waals surface area contributed by atoms with E-state index in [0.717, 1.165) is 10.9 Å². The Labute approximate surface area is 134 Å². The topological polar surface area (TPSA) is 60.4 Å². The predicted octanol–water partition coefficient (Wildman–Crippen LogP) is 3.73. The minimum Gasteiger partial charge on any atom is -0.378 e. The van der Waals surface area contributed by atoms with Gasteiger partial charge in [-0.25, -0.2) is 0 Å². The molecule has 0 aliphatic heterocycles. The molecule has 0 aromatic heterocycles. The van der Waals surface area contributed by atoms with Crippen molar-refractivity contribution >= 4 is 27.2 Å². The molecule has 23 heavy (non-hydrogen) atoms. The predicted molar refractivity (Wildman–Crippen MR) is 88.3 cm³/mol. The standard InChI is InChI=1S/C18H14O4S/c1-13-6-9-15(10-7-13)23(20,21)22-18-11-8-14-4-2-3-5-16(14)17(18)12-19/h2-12H,1H3. The minimum atomic E-state index is -3.99. The maximum Gasteiger partial charge on any atom is 0.339 e. The van der Waals surface area contributed by atoms with Gasteiger partial charge >= 0.3 is 10.1 Å². The van der Waals surface area contributed by atoms with Gasteiger partial charge in [0.1, 0.15) is 4.90 Å². The quantitative estimate of drug-likeness (QED) is 0.541. The van der Waals surface area contributed by atoms with Gasteiger partial charge in [0.05, 0.1) is 5.56 Å². The third-order valence-electron chi connectivity index (χ3n) is 3.56. The van der Waals surface area contributed by atoms with Crippen LogP contribution in [0.4, 0.5) is 0 Å². The second-order valence-corrected chi connectivity index (χ2v) is 6.71. The van der Waals surface area contributed by atoms with E-state index in [9.17, 15) is 13.2 Å². The van der Waals surface area contributed by atoms with Crippen LogP contribution in [-0.2, 0) is 10.1 Å². The van der Waals surface area contributed by atoms with Gasteiger partial charge in [-0.15, -0.1) is 0 Å². The lowest BCUT2D eigenvalue weighted by atomic mass is 10.0. The molecule has 0 spiro atoms. The zero-order chi connectivity index (χ0) is 16.4. The molecule has 0 heterocycles. The highest BCUT2D eigenvalue weighted by atomic mass is 32.2. The summed E-state index contributed by atoms with van der Waals surface area (Å²) >= 11 is 0. The molecule has 0 amide bonds. The first kappa shape index (κ1) is 15.2. The zero-order valence-corrected chi connectivity index (χ0v) is 13.2. The summed E-state index contributed by atoms with van der Waals surface area (Å²) in [5, 5.41) is 1.49. The molecular formula is C18H14O4S. The van der Waals surface area contributed by atoms with E-state index in [4.69, 9.17) is 4.18 Å². The Morgan fingerprint density at radius 3 is 2.30 bits per heavy atom. The van der Waals surface area contributed by atoms with Crippen LogP contribution in [0.3, 0.4) is 0 Å². The number of aldehydes is 1. The van der Waals surface area contributed by atoms with Crippen molar-refractivity contribution in [3.05, 3.63) is 71.8 Å². The Hall–Kier alpha value is -2.66. The van der Waals surface area contributed by atoms with Crippen LogP contribution < -0.4 is 4.18 Å². The number of carbonyl (C=O) groups excluding carboxylic acids is 1. The largest absolute Gasteiger partial charge is 0.378 e. The third-order valence-corrected chi connectivity index (χ3v) is 4.81. The van der Waals surface area contributed by atoms with E-state index in [1.807, 2.05) is 19.1 Å². The summed E-state index contributed by atoms with van der Waals surface area (Å²) in [5.74, 6) is 0.0271. The number of carbonyl (C=O) groups is 1. The number of rotatable bonds is 4. The van der Waals surface area contributed by atoms with E-state index in [1.165, 1.54) is 18.2 Å². The highest BCUT2D eigenvalue weighted by molar-refractivity contribution is 7.87. The van der Waals surface area contributed by atoms with E-state index in [0.29, 0.717) is 11.7 Å². The van der Waals surface area contributed by atoms with Crippen molar-refractivity contribution in [1.82, 2.24) is 0 Å². The zero-order valence-electron chi connectivity index (χ0n) is 12.4. The van der Waals surface area contributed by atoms with Crippen LogP contribution in [0.25, 0.3) is 10.8 Å². The van der Waals surface area contributed by atoms with Crippen molar-refractivity contribution in [2.75, 3.05) is 0 Å². The molecule has 4 nitrogen and oxygen atoms in total. The lowest BCUT2D eigenvalue weighted by Gasteiger charge is -2.11. The maximum atomic E-state index is 12.4. The number of benzene rings is 3. The van der Waals surface area contributed by atoms with E-state index in [-0.39, 0.29) is 16.2 Å². The molecular weight excluding hydrogens is 312 g/mol. The van der Waals surface area contributed by atoms with Crippen molar-refractivity contribution in [2.45, 2.75) is 11.8 Å². The fourth-order valence-corrected chi connectivity index (χ4v) is 3.29. The first-order valence-corrected chi connectivity index (χ1v) is 8.40. The second kappa shape index (κ2) is 5.85. The molecule has 0 radical (unpaired) electrons. The summed E-state index contributed by atoms with van der Waals surface area (Å²) < 4.78 is 30.0. The van der Waals surface area contributed by atoms with E-state index < -0.39 is 10.1 Å². The summed E-state index contributed by atoms with van der Waals surface area (Å²) in [4.78, 5) is 11.5. The van der Waals surface area contributed by atoms with Crippen LogP contribution in [0.2, 0.25) is 0 Å². The first-order valence-electron chi connectivity index (χ1n) is 6.99. The SMILES string of the molecule is Cc1ccc(S(=O)(=O)Oc2ccc3ccccc3c2C=O)cc1. The monoisotopic (exact) mass is 326 g/mol. The maximum absolute atomic E-state index is 12.4. The van der Waals surface area contributed by atoms with Crippen molar-refractivity contribution in [3.63, 3.8) is 0 Å². The van der Waals surface area contributed by atoms with Crippen molar-refractivity contribution < 1.29 is 17.4 Å². The molecule has 0 saturated carbocycles. The Morgan fingerprint density at radius 1 is 0.913 bits per heavy atom. The van der Waals surface area contributed by atoms with Gasteiger partial charge < -0.3 is 4.18 Å². The summed E-state index contributed by atoms with van der Waals surface area (Å²) in [6.45, 7) is 1.87. The van der Waals surface area contributed by atoms with Gasteiger partial charge in [0.2, 0.25) is 0 Å². The van der Waals surface area contributed by atoms with Crippen LogP contribution in [0, 0.1) is 6.92 Å². The van der Waals surface area contributed by atoms with Gasteiger partial charge in [-0.3, -0.25) is 4.79 Å². The van der Waals surface area contributed by atoms with E-state index >= 15 is 0 Å². The summed E-state index contributed by atoms with van der Waals surface area (Å²) in [6.07, 6.45) is 0.613. The molecule has 5 heteroatoms. The highest BCUT2D eigenvalue weighted by Crippen LogP contribution is 2.29. The van der Waals surface area contributed by atoms with Crippen molar-refractivity contribution in [3.8, 4) is 5.75 Å². The van der Waals surface area contributed by atoms with Crippen molar-refractivity contribution in [1.29, 1.82) is 0 Å². The number of fused-ring (bicyclic) bond motifs is 1. The Bertz CT molecular complexity index is 974. The molecule has 0 N–H and O–H groups in total. The Balaban J connectivity index is 2.07. The smallest absolute Gasteiger partial charge is 0.339 e. The molecule has 0 aliphatic rings. The summed E-state index contributed by atoms with van der Waals surface area (Å²) in [6, 6.07) is 16.8. The van der Waals surface area contributed by atoms with E-state index in [1.54, 1.807) is 30.3 Å². The van der Waals surface area contributed by atoms with Gasteiger partial charge in [-0.05, 0) is 35.9 Å². The minimum absolute atomic E-state index is 0.0271. The average molecular weight is 326 g/mol. The van der Waals surface area contributed by atoms with E-state index in [2.05, 4.69) is 0 Å². The van der Waals surface area contributed by atoms with Crippen LogP contribution in [0.15, 0.2) is 65.6 Å². The van der Waals surface area contributed by atoms with Crippen LogP contribution in [0.1, 0.15) is 15.9 Å². The lowest BCUT2D eigenvalue weighted by molar-refractivity contribution is 0.112. The molecule has 0 atom stereocenters. The first-order chi connectivity index (χ1) is 11.0. The van der Waals surface area contributed by atoms with Gasteiger partial charge in [0.25, 0.3) is 0 Å². The third kappa shape index (κ3) is 2.96. The highest BCUT2D eigenvalue weighted by Gasteiger charge is 2.19. The van der Waals surface area contributed by atoms with Crippen LogP contribution >= 0.6 is 0 Å². The molecule has 0 saturated heterocycles.